The van der Waals surface area contributed by atoms with Crippen molar-refractivity contribution in [3.05, 3.63) is 35.0 Å². The predicted octanol–water partition coefficient (Wildman–Crippen LogP) is 2.87. The molecule has 114 valence electrons. The molecule has 1 aromatic rings. The monoisotopic (exact) mass is 308 g/mol. The van der Waals surface area contributed by atoms with Gasteiger partial charge >= 0.3 is 6.09 Å². The number of thioether (sulfide) groups is 1. The molecule has 1 aliphatic rings. The fraction of sp³-hybridized carbons (Fsp3) is 0.500. The van der Waals surface area contributed by atoms with Crippen LogP contribution in [-0.4, -0.2) is 33.6 Å². The smallest absolute Gasteiger partial charge is 0.412 e. The number of hydrogen-bond acceptors (Lipinski definition) is 6. The lowest BCUT2D eigenvalue weighted by atomic mass is 10.2. The summed E-state index contributed by atoms with van der Waals surface area (Å²) in [6, 6.07) is 0. The third-order valence-electron chi connectivity index (χ3n) is 2.92. The lowest BCUT2D eigenvalue weighted by Gasteiger charge is -2.21. The van der Waals surface area contributed by atoms with Crippen molar-refractivity contribution in [2.75, 3.05) is 7.05 Å². The lowest BCUT2D eigenvalue weighted by molar-refractivity contribution is 0.0549. The van der Waals surface area contributed by atoms with Crippen LogP contribution < -0.4 is 5.32 Å². The Morgan fingerprint density at radius 2 is 2.00 bits per heavy atom. The highest BCUT2D eigenvalue weighted by Gasteiger charge is 2.31. The van der Waals surface area contributed by atoms with Gasteiger partial charge in [-0.05, 0) is 27.7 Å². The minimum atomic E-state index is -0.513. The molecule has 1 unspecified atom stereocenters. The van der Waals surface area contributed by atoms with Crippen molar-refractivity contribution in [2.45, 2.75) is 38.7 Å². The molecule has 1 amide bonds. The fourth-order valence-electron chi connectivity index (χ4n) is 1.86. The number of ether oxygens (including phenoxy) is 1. The van der Waals surface area contributed by atoms with Crippen molar-refractivity contribution in [1.82, 2.24) is 20.2 Å². The second-order valence-corrected chi connectivity index (χ2v) is 6.88. The molecule has 21 heavy (non-hydrogen) atoms. The van der Waals surface area contributed by atoms with Gasteiger partial charge in [0.05, 0.1) is 5.03 Å². The molecule has 0 radical (unpaired) electrons. The molecular formula is C14H20N4O2S. The molecule has 0 aliphatic carbocycles. The van der Waals surface area contributed by atoms with Crippen LogP contribution in [-0.2, 0) is 4.74 Å². The Hall–Kier alpha value is -1.76. The van der Waals surface area contributed by atoms with E-state index >= 15 is 0 Å². The number of amides is 1. The lowest BCUT2D eigenvalue weighted by Crippen LogP contribution is -2.31. The zero-order chi connectivity index (χ0) is 15.6. The van der Waals surface area contributed by atoms with Crippen LogP contribution in [0.1, 0.15) is 38.6 Å². The van der Waals surface area contributed by atoms with Crippen molar-refractivity contribution >= 4 is 17.9 Å². The van der Waals surface area contributed by atoms with Crippen LogP contribution in [0.15, 0.2) is 29.4 Å². The number of nitrogens with zero attached hydrogens (tertiary/aromatic N) is 3. The van der Waals surface area contributed by atoms with Gasteiger partial charge in [0.1, 0.15) is 17.3 Å². The number of rotatable bonds is 2. The highest BCUT2D eigenvalue weighted by atomic mass is 32.2. The average Bonchev–Trinajstić information content (AvgIpc) is 2.66. The summed E-state index contributed by atoms with van der Waals surface area (Å²) in [5, 5.41) is 3.66. The SMILES string of the molecule is CC1=C(NC(=O)OC(C)(C)C)SC(c2cncnc2)N1C. The maximum absolute atomic E-state index is 11.9. The maximum atomic E-state index is 11.9. The van der Waals surface area contributed by atoms with E-state index in [0.717, 1.165) is 16.3 Å². The Morgan fingerprint density at radius 3 is 2.57 bits per heavy atom. The van der Waals surface area contributed by atoms with E-state index in [2.05, 4.69) is 20.2 Å². The zero-order valence-electron chi connectivity index (χ0n) is 12.9. The minimum Gasteiger partial charge on any atom is -0.444 e. The number of aromatic nitrogens is 2. The molecule has 0 spiro atoms. The second-order valence-electron chi connectivity index (χ2n) is 5.79. The van der Waals surface area contributed by atoms with Gasteiger partial charge in [0.25, 0.3) is 0 Å². The highest BCUT2D eigenvalue weighted by Crippen LogP contribution is 2.44. The van der Waals surface area contributed by atoms with E-state index < -0.39 is 11.7 Å². The van der Waals surface area contributed by atoms with Crippen LogP contribution in [0.4, 0.5) is 4.79 Å². The standard InChI is InChI=1S/C14H20N4O2S/c1-9-11(17-13(19)20-14(2,3)4)21-12(18(9)5)10-6-15-8-16-7-10/h6-8,12H,1-5H3,(H,17,19). The van der Waals surface area contributed by atoms with Crippen molar-refractivity contribution in [3.8, 4) is 0 Å². The van der Waals surface area contributed by atoms with E-state index in [1.54, 1.807) is 24.2 Å². The van der Waals surface area contributed by atoms with Crippen LogP contribution in [0.3, 0.4) is 0 Å². The molecule has 1 atom stereocenters. The number of hydrogen-bond donors (Lipinski definition) is 1. The van der Waals surface area contributed by atoms with Gasteiger partial charge < -0.3 is 9.64 Å². The number of allylic oxidation sites excluding steroid dienone is 1. The molecule has 6 nitrogen and oxygen atoms in total. The van der Waals surface area contributed by atoms with Gasteiger partial charge in [-0.25, -0.2) is 14.8 Å². The van der Waals surface area contributed by atoms with Gasteiger partial charge in [0, 0.05) is 30.7 Å². The first kappa shape index (κ1) is 15.6. The Kier molecular flexibility index (Phi) is 4.41. The summed E-state index contributed by atoms with van der Waals surface area (Å²) >= 11 is 1.55. The average molecular weight is 308 g/mol. The molecule has 0 saturated heterocycles. The maximum Gasteiger partial charge on any atom is 0.412 e. The predicted molar refractivity (Wildman–Crippen MR) is 82.2 cm³/mol. The summed E-state index contributed by atoms with van der Waals surface area (Å²) in [4.78, 5) is 22.0. The molecule has 0 saturated carbocycles. The number of carbonyl (C=O) groups excluding carboxylic acids is 1. The quantitative estimate of drug-likeness (QED) is 0.906. The Balaban J connectivity index is 2.07. The Bertz CT molecular complexity index is 554. The van der Waals surface area contributed by atoms with E-state index in [1.807, 2.05) is 34.7 Å². The zero-order valence-corrected chi connectivity index (χ0v) is 13.7. The number of alkyl carbamates (subject to hydrolysis) is 1. The van der Waals surface area contributed by atoms with Gasteiger partial charge in [-0.3, -0.25) is 5.32 Å². The molecule has 2 heterocycles. The van der Waals surface area contributed by atoms with E-state index in [9.17, 15) is 4.79 Å². The van der Waals surface area contributed by atoms with Crippen LogP contribution in [0, 0.1) is 0 Å². The second kappa shape index (κ2) is 5.93. The first-order valence-corrected chi connectivity index (χ1v) is 7.51. The Morgan fingerprint density at radius 1 is 1.38 bits per heavy atom. The summed E-state index contributed by atoms with van der Waals surface area (Å²) < 4.78 is 5.28. The fourth-order valence-corrected chi connectivity index (χ4v) is 3.11. The molecule has 0 aromatic carbocycles. The molecule has 2 rings (SSSR count). The normalized spacial score (nSPS) is 18.9. The van der Waals surface area contributed by atoms with Gasteiger partial charge in [-0.15, -0.1) is 0 Å². The largest absolute Gasteiger partial charge is 0.444 e. The van der Waals surface area contributed by atoms with Crippen LogP contribution in [0.5, 0.6) is 0 Å². The van der Waals surface area contributed by atoms with Crippen LogP contribution in [0.25, 0.3) is 0 Å². The molecule has 1 aromatic heterocycles. The number of nitrogens with one attached hydrogen (secondary N) is 1. The molecular weight excluding hydrogens is 288 g/mol. The third kappa shape index (κ3) is 3.87. The first-order valence-electron chi connectivity index (χ1n) is 6.63. The topological polar surface area (TPSA) is 67.3 Å². The molecule has 1 N–H and O–H groups in total. The van der Waals surface area contributed by atoms with Crippen LogP contribution in [0.2, 0.25) is 0 Å². The number of carbonyl (C=O) groups is 1. The molecule has 1 aliphatic heterocycles. The van der Waals surface area contributed by atoms with Crippen LogP contribution >= 0.6 is 11.8 Å². The minimum absolute atomic E-state index is 0.0520. The first-order chi connectivity index (χ1) is 9.78. The van der Waals surface area contributed by atoms with E-state index in [-0.39, 0.29) is 5.37 Å². The summed E-state index contributed by atoms with van der Waals surface area (Å²) in [6.07, 6.45) is 4.63. The van der Waals surface area contributed by atoms with Gasteiger partial charge in [-0.1, -0.05) is 11.8 Å². The summed E-state index contributed by atoms with van der Waals surface area (Å²) in [6.45, 7) is 7.48. The van der Waals surface area contributed by atoms with Crippen molar-refractivity contribution in [1.29, 1.82) is 0 Å². The van der Waals surface area contributed by atoms with E-state index in [0.29, 0.717) is 0 Å². The van der Waals surface area contributed by atoms with E-state index in [4.69, 9.17) is 4.74 Å². The van der Waals surface area contributed by atoms with Gasteiger partial charge in [0.15, 0.2) is 0 Å². The van der Waals surface area contributed by atoms with Gasteiger partial charge in [0.2, 0.25) is 0 Å². The molecule has 0 bridgehead atoms. The van der Waals surface area contributed by atoms with E-state index in [1.165, 1.54) is 6.33 Å². The summed E-state index contributed by atoms with van der Waals surface area (Å²) in [7, 11) is 1.98. The van der Waals surface area contributed by atoms with Crippen molar-refractivity contribution in [2.24, 2.45) is 0 Å². The summed E-state index contributed by atoms with van der Waals surface area (Å²) in [5.74, 6) is 0. The third-order valence-corrected chi connectivity index (χ3v) is 4.36. The van der Waals surface area contributed by atoms with Crippen molar-refractivity contribution in [3.63, 3.8) is 0 Å². The summed E-state index contributed by atoms with van der Waals surface area (Å²) in [5.41, 5.74) is 1.46. The highest BCUT2D eigenvalue weighted by molar-refractivity contribution is 8.03. The van der Waals surface area contributed by atoms with Gasteiger partial charge in [-0.2, -0.15) is 0 Å². The molecule has 7 heteroatoms. The molecule has 0 fully saturated rings. The Labute approximate surface area is 129 Å². The van der Waals surface area contributed by atoms with Crippen molar-refractivity contribution < 1.29 is 9.53 Å².